The molecule has 0 spiro atoms. The highest BCUT2D eigenvalue weighted by atomic mass is 35.5. The number of hydrogen-bond acceptors (Lipinski definition) is 4. The predicted molar refractivity (Wildman–Crippen MR) is 167 cm³/mol. The van der Waals surface area contributed by atoms with E-state index in [2.05, 4.69) is 5.32 Å². The number of benzene rings is 3. The third kappa shape index (κ3) is 8.13. The molecule has 7 nitrogen and oxygen atoms in total. The highest BCUT2D eigenvalue weighted by Gasteiger charge is 2.34. The first-order chi connectivity index (χ1) is 20.1. The summed E-state index contributed by atoms with van der Waals surface area (Å²) in [7, 11) is -2.60. The molecule has 1 fully saturated rings. The topological polar surface area (TPSA) is 86.8 Å². The Morgan fingerprint density at radius 3 is 2.14 bits per heavy atom. The number of rotatable bonds is 11. The van der Waals surface area contributed by atoms with Gasteiger partial charge in [-0.05, 0) is 49.6 Å². The molecule has 3 aromatic carbocycles. The van der Waals surface area contributed by atoms with E-state index in [-0.39, 0.29) is 29.8 Å². The van der Waals surface area contributed by atoms with Crippen LogP contribution in [-0.2, 0) is 32.6 Å². The first-order valence-corrected chi connectivity index (χ1v) is 16.4. The number of sulfonamides is 1. The van der Waals surface area contributed by atoms with Crippen LogP contribution < -0.4 is 5.32 Å². The Bertz CT molecular complexity index is 1460. The van der Waals surface area contributed by atoms with Gasteiger partial charge in [-0.25, -0.2) is 8.42 Å². The van der Waals surface area contributed by atoms with Crippen LogP contribution in [-0.4, -0.2) is 55.1 Å². The van der Waals surface area contributed by atoms with E-state index in [1.807, 2.05) is 37.3 Å². The maximum absolute atomic E-state index is 14.1. The molecule has 4 rings (SSSR count). The molecule has 0 saturated heterocycles. The molecular weight excluding hydrogens is 593 g/mol. The fourth-order valence-electron chi connectivity index (χ4n) is 5.21. The second-order valence-electron chi connectivity index (χ2n) is 10.8. The molecule has 42 heavy (non-hydrogen) atoms. The van der Waals surface area contributed by atoms with Crippen LogP contribution in [0.1, 0.15) is 48.8 Å². The Kier molecular flexibility index (Phi) is 11.1. The van der Waals surface area contributed by atoms with Crippen molar-refractivity contribution in [2.45, 2.75) is 69.0 Å². The second-order valence-corrected chi connectivity index (χ2v) is 13.7. The number of halogens is 2. The Hall–Kier alpha value is -2.91. The maximum Gasteiger partial charge on any atom is 0.243 e. The lowest BCUT2D eigenvalue weighted by Gasteiger charge is -2.34. The van der Waals surface area contributed by atoms with Crippen molar-refractivity contribution in [1.82, 2.24) is 14.5 Å². The van der Waals surface area contributed by atoms with Crippen molar-refractivity contribution in [3.8, 4) is 0 Å². The van der Waals surface area contributed by atoms with Gasteiger partial charge in [0.2, 0.25) is 21.8 Å². The fourth-order valence-corrected chi connectivity index (χ4v) is 6.85. The summed E-state index contributed by atoms with van der Waals surface area (Å²) in [6.07, 6.45) is 5.21. The van der Waals surface area contributed by atoms with E-state index in [1.165, 1.54) is 24.1 Å². The summed E-state index contributed by atoms with van der Waals surface area (Å²) >= 11 is 13.0. The molecule has 1 aliphatic rings. The van der Waals surface area contributed by atoms with Gasteiger partial charge < -0.3 is 10.2 Å². The van der Waals surface area contributed by atoms with E-state index in [4.69, 9.17) is 23.2 Å². The number of carbonyl (C=O) groups is 2. The minimum Gasteiger partial charge on any atom is -0.352 e. The lowest BCUT2D eigenvalue weighted by Crippen LogP contribution is -2.54. The van der Waals surface area contributed by atoms with Crippen molar-refractivity contribution < 1.29 is 18.0 Å². The van der Waals surface area contributed by atoms with Gasteiger partial charge in [0.1, 0.15) is 6.04 Å². The number of nitrogens with zero attached hydrogens (tertiary/aromatic N) is 2. The minimum absolute atomic E-state index is 0.0231. The van der Waals surface area contributed by atoms with Crippen LogP contribution in [0.25, 0.3) is 0 Å². The molecule has 1 aliphatic carbocycles. The monoisotopic (exact) mass is 629 g/mol. The van der Waals surface area contributed by atoms with Crippen LogP contribution in [0, 0.1) is 6.92 Å². The summed E-state index contributed by atoms with van der Waals surface area (Å²) in [5, 5.41) is 3.88. The van der Waals surface area contributed by atoms with E-state index < -0.39 is 28.5 Å². The molecule has 0 radical (unpaired) electrons. The van der Waals surface area contributed by atoms with Gasteiger partial charge in [0, 0.05) is 41.7 Å². The van der Waals surface area contributed by atoms with Gasteiger partial charge in [-0.1, -0.05) is 96.6 Å². The van der Waals surface area contributed by atoms with Crippen LogP contribution in [0.5, 0.6) is 0 Å². The Morgan fingerprint density at radius 2 is 1.52 bits per heavy atom. The van der Waals surface area contributed by atoms with Crippen molar-refractivity contribution in [1.29, 1.82) is 0 Å². The summed E-state index contributed by atoms with van der Waals surface area (Å²) in [6.45, 7) is 1.33. The van der Waals surface area contributed by atoms with Gasteiger partial charge in [0.25, 0.3) is 0 Å². The van der Waals surface area contributed by atoms with E-state index in [9.17, 15) is 18.0 Å². The molecule has 1 atom stereocenters. The van der Waals surface area contributed by atoms with Gasteiger partial charge in [-0.2, -0.15) is 4.31 Å². The molecule has 0 aromatic heterocycles. The van der Waals surface area contributed by atoms with Crippen molar-refractivity contribution in [2.75, 3.05) is 13.6 Å². The number of hydrogen-bond donors (Lipinski definition) is 1. The van der Waals surface area contributed by atoms with Crippen molar-refractivity contribution in [2.24, 2.45) is 0 Å². The highest BCUT2D eigenvalue weighted by molar-refractivity contribution is 7.89. The Morgan fingerprint density at radius 1 is 0.905 bits per heavy atom. The lowest BCUT2D eigenvalue weighted by molar-refractivity contribution is -0.141. The molecule has 0 heterocycles. The average molecular weight is 631 g/mol. The SMILES string of the molecule is Cc1ccc(S(=O)(=O)N(C)CC(=O)N(Cc2c(Cl)cccc2Cl)[C@H](Cc2ccccc2)C(=O)NC2CCCCC2)cc1. The van der Waals surface area contributed by atoms with E-state index in [0.717, 1.165) is 47.5 Å². The molecule has 0 unspecified atom stereocenters. The lowest BCUT2D eigenvalue weighted by atomic mass is 9.94. The average Bonchev–Trinajstić information content (AvgIpc) is 2.97. The Labute approximate surface area is 258 Å². The number of amides is 2. The molecule has 2 amide bonds. The molecular formula is C32H37Cl2N3O4S. The number of aryl methyl sites for hydroxylation is 1. The maximum atomic E-state index is 14.1. The second kappa shape index (κ2) is 14.5. The normalized spacial score (nSPS) is 14.9. The third-order valence-electron chi connectivity index (χ3n) is 7.70. The largest absolute Gasteiger partial charge is 0.352 e. The van der Waals surface area contributed by atoms with Gasteiger partial charge in [-0.15, -0.1) is 0 Å². The van der Waals surface area contributed by atoms with Crippen molar-refractivity contribution >= 4 is 45.0 Å². The predicted octanol–water partition coefficient (Wildman–Crippen LogP) is 6.01. The zero-order chi connectivity index (χ0) is 30.3. The quantitative estimate of drug-likeness (QED) is 0.281. The minimum atomic E-state index is -3.97. The molecule has 1 saturated carbocycles. The van der Waals surface area contributed by atoms with Crippen LogP contribution in [0.15, 0.2) is 77.7 Å². The number of likely N-dealkylation sites (N-methyl/N-ethyl adjacent to an activating group) is 1. The summed E-state index contributed by atoms with van der Waals surface area (Å²) in [5.41, 5.74) is 2.27. The van der Waals surface area contributed by atoms with Gasteiger partial charge in [0.05, 0.1) is 11.4 Å². The summed E-state index contributed by atoms with van der Waals surface area (Å²) in [6, 6.07) is 20.1. The summed E-state index contributed by atoms with van der Waals surface area (Å²) in [5.74, 6) is -0.824. The molecule has 0 aliphatic heterocycles. The third-order valence-corrected chi connectivity index (χ3v) is 10.2. The van der Waals surface area contributed by atoms with Crippen molar-refractivity contribution in [3.63, 3.8) is 0 Å². The number of carbonyl (C=O) groups excluding carboxylic acids is 2. The number of nitrogens with one attached hydrogen (secondary N) is 1. The van der Waals surface area contributed by atoms with Gasteiger partial charge >= 0.3 is 0 Å². The zero-order valence-corrected chi connectivity index (χ0v) is 26.3. The zero-order valence-electron chi connectivity index (χ0n) is 23.9. The van der Waals surface area contributed by atoms with Crippen LogP contribution >= 0.6 is 23.2 Å². The molecule has 1 N–H and O–H groups in total. The van der Waals surface area contributed by atoms with Gasteiger partial charge in [-0.3, -0.25) is 9.59 Å². The molecule has 224 valence electrons. The van der Waals surface area contributed by atoms with Crippen molar-refractivity contribution in [3.05, 3.63) is 99.5 Å². The first-order valence-electron chi connectivity index (χ1n) is 14.2. The smallest absolute Gasteiger partial charge is 0.243 e. The van der Waals surface area contributed by atoms with E-state index in [0.29, 0.717) is 15.6 Å². The highest BCUT2D eigenvalue weighted by Crippen LogP contribution is 2.28. The van der Waals surface area contributed by atoms with Crippen LogP contribution in [0.3, 0.4) is 0 Å². The fraction of sp³-hybridized carbons (Fsp3) is 0.375. The molecule has 3 aromatic rings. The van der Waals surface area contributed by atoms with Crippen LogP contribution in [0.4, 0.5) is 0 Å². The first kappa shape index (κ1) is 32.0. The Balaban J connectivity index is 1.69. The standard InChI is InChI=1S/C32H37Cl2N3O4S/c1-23-16-18-26(19-17-23)42(40,41)36(2)22-31(38)37(21-27-28(33)14-9-15-29(27)34)30(20-24-10-5-3-6-11-24)32(39)35-25-12-7-4-8-13-25/h3,5-6,9-11,14-19,25,30H,4,7-8,12-13,20-22H2,1-2H3,(H,35,39)/t30-/m1/s1. The van der Waals surface area contributed by atoms with E-state index in [1.54, 1.807) is 30.3 Å². The van der Waals surface area contributed by atoms with E-state index >= 15 is 0 Å². The van der Waals surface area contributed by atoms with Crippen LogP contribution in [0.2, 0.25) is 10.0 Å². The molecule has 10 heteroatoms. The molecule has 0 bridgehead atoms. The summed E-state index contributed by atoms with van der Waals surface area (Å²) < 4.78 is 27.7. The van der Waals surface area contributed by atoms with Gasteiger partial charge in [0.15, 0.2) is 0 Å². The summed E-state index contributed by atoms with van der Waals surface area (Å²) in [4.78, 5) is 29.5.